The number of benzene rings is 1. The molecule has 2 heterocycles. The van der Waals surface area contributed by atoms with Gasteiger partial charge in [-0.15, -0.1) is 11.3 Å². The largest absolute Gasteiger partial charge is 0.618 e. The van der Waals surface area contributed by atoms with E-state index in [-0.39, 0.29) is 5.78 Å². The molecule has 1 aromatic carbocycles. The minimum atomic E-state index is 0.183. The number of Topliss-reactive ketones (excluding diaryl/α,β-unsaturated/α-hetero) is 1. The van der Waals surface area contributed by atoms with E-state index in [4.69, 9.17) is 0 Å². The normalized spacial score (nSPS) is 16.7. The van der Waals surface area contributed by atoms with E-state index in [2.05, 4.69) is 13.0 Å². The Bertz CT molecular complexity index is 935. The van der Waals surface area contributed by atoms with Gasteiger partial charge in [0.25, 0.3) is 0 Å². The van der Waals surface area contributed by atoms with Gasteiger partial charge in [0.15, 0.2) is 12.0 Å². The van der Waals surface area contributed by atoms with Crippen molar-refractivity contribution in [3.63, 3.8) is 0 Å². The molecule has 5 heteroatoms. The molecule has 2 aromatic heterocycles. The highest BCUT2D eigenvalue weighted by atomic mass is 32.2. The summed E-state index contributed by atoms with van der Waals surface area (Å²) in [5, 5.41) is 14.3. The zero-order valence-electron chi connectivity index (χ0n) is 13.8. The molecule has 0 N–H and O–H groups in total. The van der Waals surface area contributed by atoms with Crippen LogP contribution in [0.4, 0.5) is 0 Å². The fraction of sp³-hybridized carbons (Fsp3) is 0.200. The van der Waals surface area contributed by atoms with Crippen molar-refractivity contribution in [2.75, 3.05) is 0 Å². The summed E-state index contributed by atoms with van der Waals surface area (Å²) in [4.78, 5) is 13.8. The second kappa shape index (κ2) is 6.65. The molecule has 1 atom stereocenters. The predicted octanol–water partition coefficient (Wildman–Crippen LogP) is 4.96. The van der Waals surface area contributed by atoms with E-state index in [0.717, 1.165) is 32.7 Å². The van der Waals surface area contributed by atoms with Crippen LogP contribution < -0.4 is 4.73 Å². The van der Waals surface area contributed by atoms with Gasteiger partial charge < -0.3 is 5.21 Å². The van der Waals surface area contributed by atoms with Gasteiger partial charge in [-0.25, -0.2) is 0 Å². The van der Waals surface area contributed by atoms with Crippen LogP contribution in [-0.2, 0) is 6.42 Å². The Morgan fingerprint density at radius 3 is 2.80 bits per heavy atom. The lowest BCUT2D eigenvalue weighted by atomic mass is 9.81. The van der Waals surface area contributed by atoms with Crippen molar-refractivity contribution in [1.82, 2.24) is 0 Å². The topological polar surface area (TPSA) is 44.0 Å². The van der Waals surface area contributed by atoms with Gasteiger partial charge in [-0.3, -0.25) is 4.79 Å². The second-order valence-electron chi connectivity index (χ2n) is 6.35. The molecule has 0 fully saturated rings. The van der Waals surface area contributed by atoms with Gasteiger partial charge in [-0.1, -0.05) is 24.8 Å². The Balaban J connectivity index is 1.89. The molecule has 3 aromatic rings. The maximum atomic E-state index is 12.8. The molecule has 0 aliphatic heterocycles. The quantitative estimate of drug-likeness (QED) is 0.485. The molecule has 1 unspecified atom stereocenters. The van der Waals surface area contributed by atoms with Gasteiger partial charge in [0.2, 0.25) is 5.69 Å². The smallest absolute Gasteiger partial charge is 0.224 e. The third-order valence-corrected chi connectivity index (χ3v) is 6.54. The van der Waals surface area contributed by atoms with E-state index in [1.165, 1.54) is 10.4 Å². The molecule has 1 aliphatic carbocycles. The number of ketones is 1. The van der Waals surface area contributed by atoms with Crippen LogP contribution in [0, 0.1) is 11.1 Å². The zero-order chi connectivity index (χ0) is 17.4. The van der Waals surface area contributed by atoms with Gasteiger partial charge in [0.05, 0.1) is 9.77 Å². The Hall–Kier alpha value is -2.11. The molecule has 0 radical (unpaired) electrons. The fourth-order valence-electron chi connectivity index (χ4n) is 3.38. The molecule has 4 rings (SSSR count). The highest BCUT2D eigenvalue weighted by Crippen LogP contribution is 2.41. The van der Waals surface area contributed by atoms with Crippen molar-refractivity contribution in [1.29, 1.82) is 0 Å². The molecular weight excluding hydrogens is 350 g/mol. The number of pyridine rings is 1. The lowest BCUT2D eigenvalue weighted by Gasteiger charge is -2.24. The first-order valence-electron chi connectivity index (χ1n) is 8.22. The van der Waals surface area contributed by atoms with Crippen molar-refractivity contribution >= 4 is 28.9 Å². The summed E-state index contributed by atoms with van der Waals surface area (Å²) in [5.41, 5.74) is 3.30. The van der Waals surface area contributed by atoms with Gasteiger partial charge in [-0.2, -0.15) is 4.73 Å². The lowest BCUT2D eigenvalue weighted by Crippen LogP contribution is -2.29. The highest BCUT2D eigenvalue weighted by Gasteiger charge is 2.29. The van der Waals surface area contributed by atoms with E-state index >= 15 is 0 Å². The summed E-state index contributed by atoms with van der Waals surface area (Å²) in [7, 11) is 0. The Kier molecular flexibility index (Phi) is 4.36. The summed E-state index contributed by atoms with van der Waals surface area (Å²) in [6.45, 7) is 2.10. The van der Waals surface area contributed by atoms with E-state index in [0.29, 0.717) is 18.0 Å². The number of hydrogen-bond donors (Lipinski definition) is 0. The number of thiophene rings is 1. The van der Waals surface area contributed by atoms with Crippen LogP contribution in [0.5, 0.6) is 0 Å². The average Bonchev–Trinajstić information content (AvgIpc) is 3.08. The van der Waals surface area contributed by atoms with Crippen LogP contribution in [0.25, 0.3) is 11.3 Å². The minimum absolute atomic E-state index is 0.183. The number of hydrogen-bond acceptors (Lipinski definition) is 4. The third kappa shape index (κ3) is 3.10. The van der Waals surface area contributed by atoms with Crippen LogP contribution in [-0.4, -0.2) is 5.78 Å². The Morgan fingerprint density at radius 1 is 1.16 bits per heavy atom. The summed E-state index contributed by atoms with van der Waals surface area (Å²) in [5.74, 6) is 0.479. The van der Waals surface area contributed by atoms with Crippen LogP contribution >= 0.6 is 23.1 Å². The second-order valence-corrected chi connectivity index (χ2v) is 8.64. The molecule has 3 nitrogen and oxygen atoms in total. The zero-order valence-corrected chi connectivity index (χ0v) is 15.4. The molecular formula is C20H17NO2S2. The first kappa shape index (κ1) is 16.4. The van der Waals surface area contributed by atoms with Crippen molar-refractivity contribution in [2.24, 2.45) is 5.92 Å². The van der Waals surface area contributed by atoms with Crippen molar-refractivity contribution in [3.05, 3.63) is 70.4 Å². The van der Waals surface area contributed by atoms with Gasteiger partial charge in [0, 0.05) is 29.0 Å². The van der Waals surface area contributed by atoms with Crippen molar-refractivity contribution in [3.8, 4) is 11.3 Å². The number of carbonyl (C=O) groups excluding carboxylic acids is 1. The van der Waals surface area contributed by atoms with Gasteiger partial charge in [-0.05, 0) is 47.5 Å². The van der Waals surface area contributed by atoms with E-state index in [1.807, 2.05) is 35.7 Å². The molecule has 1 aliphatic rings. The monoisotopic (exact) mass is 367 g/mol. The number of fused-ring (bicyclic) bond motifs is 1. The summed E-state index contributed by atoms with van der Waals surface area (Å²) in [6, 6.07) is 13.5. The molecule has 25 heavy (non-hydrogen) atoms. The molecule has 0 saturated carbocycles. The van der Waals surface area contributed by atoms with Gasteiger partial charge in [0.1, 0.15) is 0 Å². The number of carbonyl (C=O) groups is 1. The Morgan fingerprint density at radius 2 is 2.04 bits per heavy atom. The fourth-order valence-corrected chi connectivity index (χ4v) is 5.29. The summed E-state index contributed by atoms with van der Waals surface area (Å²) >= 11 is 3.31. The Labute approximate surface area is 154 Å². The standard InChI is InChI=1S/C20H17NO2S2/c1-13-11-15-14(16-5-2-3-9-21(16)23)7-8-18(20(15)17(22)12-13)25-19-6-4-10-24-19/h2-10,13H,11-12H2,1H3. The first-order chi connectivity index (χ1) is 12.1. The van der Waals surface area contributed by atoms with E-state index in [9.17, 15) is 10.0 Å². The SMILES string of the molecule is CC1CC(=O)c2c(Sc3cccs3)ccc(-c3cccc[n+]3[O-])c2C1. The van der Waals surface area contributed by atoms with E-state index in [1.54, 1.807) is 29.2 Å². The molecule has 126 valence electrons. The summed E-state index contributed by atoms with van der Waals surface area (Å²) in [6.07, 6.45) is 2.90. The van der Waals surface area contributed by atoms with Crippen LogP contribution in [0.15, 0.2) is 63.1 Å². The number of nitrogens with zero attached hydrogens (tertiary/aromatic N) is 1. The lowest BCUT2D eigenvalue weighted by molar-refractivity contribution is -0.593. The van der Waals surface area contributed by atoms with Crippen molar-refractivity contribution in [2.45, 2.75) is 28.9 Å². The maximum Gasteiger partial charge on any atom is 0.224 e. The summed E-state index contributed by atoms with van der Waals surface area (Å²) < 4.78 is 2.05. The highest BCUT2D eigenvalue weighted by molar-refractivity contribution is 8.01. The third-order valence-electron chi connectivity index (χ3n) is 4.45. The van der Waals surface area contributed by atoms with Crippen LogP contribution in [0.3, 0.4) is 0 Å². The average molecular weight is 367 g/mol. The van der Waals surface area contributed by atoms with Crippen LogP contribution in [0.1, 0.15) is 29.3 Å². The van der Waals surface area contributed by atoms with E-state index < -0.39 is 0 Å². The van der Waals surface area contributed by atoms with Crippen molar-refractivity contribution < 1.29 is 9.52 Å². The minimum Gasteiger partial charge on any atom is -0.618 e. The molecule has 0 saturated heterocycles. The van der Waals surface area contributed by atoms with Crippen LogP contribution in [0.2, 0.25) is 0 Å². The molecule has 0 amide bonds. The number of rotatable bonds is 3. The first-order valence-corrected chi connectivity index (χ1v) is 9.92. The molecule has 0 bridgehead atoms. The maximum absolute atomic E-state index is 12.8. The van der Waals surface area contributed by atoms with Gasteiger partial charge >= 0.3 is 0 Å². The predicted molar refractivity (Wildman–Crippen MR) is 101 cm³/mol. The molecule has 0 spiro atoms. The number of aromatic nitrogens is 1.